The van der Waals surface area contributed by atoms with Gasteiger partial charge in [0, 0.05) is 25.7 Å². The number of aliphatic imine (C=N–C) groups is 1. The number of hydrogen-bond donors (Lipinski definition) is 2. The Morgan fingerprint density at radius 1 is 1.43 bits per heavy atom. The fourth-order valence-corrected chi connectivity index (χ4v) is 2.06. The predicted molar refractivity (Wildman–Crippen MR) is 95.0 cm³/mol. The van der Waals surface area contributed by atoms with E-state index in [1.165, 1.54) is 0 Å². The molecule has 0 atom stereocenters. The Labute approximate surface area is 144 Å². The van der Waals surface area contributed by atoms with Crippen LogP contribution < -0.4 is 10.6 Å². The molecule has 0 unspecified atom stereocenters. The van der Waals surface area contributed by atoms with E-state index in [1.807, 2.05) is 13.8 Å². The summed E-state index contributed by atoms with van der Waals surface area (Å²) >= 11 is 0. The number of carbonyl (C=O) groups excluding carboxylic acids is 1. The smallest absolute Gasteiger partial charge is 0.409 e. The molecular weight excluding hydrogens is 383 g/mol. The molecule has 1 aliphatic rings. The molecule has 1 heterocycles. The summed E-state index contributed by atoms with van der Waals surface area (Å²) in [6.07, 6.45) is 6.74. The van der Waals surface area contributed by atoms with Gasteiger partial charge in [-0.3, -0.25) is 0 Å². The van der Waals surface area contributed by atoms with Gasteiger partial charge in [-0.15, -0.1) is 30.4 Å². The number of nitrogens with zero attached hydrogens (tertiary/aromatic N) is 2. The van der Waals surface area contributed by atoms with Gasteiger partial charge in [-0.05, 0) is 26.7 Å². The molecule has 0 aromatic rings. The highest BCUT2D eigenvalue weighted by atomic mass is 127. The van der Waals surface area contributed by atoms with Crippen LogP contribution >= 0.6 is 24.0 Å². The van der Waals surface area contributed by atoms with Gasteiger partial charge in [0.05, 0.1) is 6.61 Å². The van der Waals surface area contributed by atoms with Gasteiger partial charge in [0.25, 0.3) is 0 Å². The van der Waals surface area contributed by atoms with Crippen molar-refractivity contribution >= 4 is 36.0 Å². The average Bonchev–Trinajstić information content (AvgIpc) is 2.46. The maximum atomic E-state index is 11.6. The fraction of sp³-hybridized carbons (Fsp3) is 0.714. The number of rotatable bonds is 4. The molecule has 1 amide bonds. The third-order valence-corrected chi connectivity index (χ3v) is 3.03. The summed E-state index contributed by atoms with van der Waals surface area (Å²) < 4.78 is 5.00. The number of carbonyl (C=O) groups is 1. The van der Waals surface area contributed by atoms with Crippen LogP contribution in [0, 0.1) is 12.3 Å². The molecule has 120 valence electrons. The van der Waals surface area contributed by atoms with Gasteiger partial charge in [0.15, 0.2) is 5.96 Å². The topological polar surface area (TPSA) is 66.0 Å². The average molecular weight is 408 g/mol. The second kappa shape index (κ2) is 11.5. The van der Waals surface area contributed by atoms with Crippen molar-refractivity contribution in [2.24, 2.45) is 4.99 Å². The zero-order valence-electron chi connectivity index (χ0n) is 12.7. The summed E-state index contributed by atoms with van der Waals surface area (Å²) in [6, 6.07) is 0.302. The van der Waals surface area contributed by atoms with E-state index >= 15 is 0 Å². The SMILES string of the molecule is C#CCN=C(NCC)NC1CCN(C(=O)OCC)CC1.I. The van der Waals surface area contributed by atoms with Crippen molar-refractivity contribution in [3.05, 3.63) is 0 Å². The number of likely N-dealkylation sites (tertiary alicyclic amines) is 1. The van der Waals surface area contributed by atoms with Gasteiger partial charge >= 0.3 is 6.09 Å². The van der Waals surface area contributed by atoms with E-state index in [0.29, 0.717) is 32.3 Å². The van der Waals surface area contributed by atoms with Crippen molar-refractivity contribution in [3.8, 4) is 12.3 Å². The van der Waals surface area contributed by atoms with Gasteiger partial charge in [-0.2, -0.15) is 0 Å². The van der Waals surface area contributed by atoms with Crippen molar-refractivity contribution in [1.82, 2.24) is 15.5 Å². The standard InChI is InChI=1S/C14H24N4O2.HI/c1-4-9-16-13(15-5-2)17-12-7-10-18(11-8-12)14(19)20-6-3;/h1,12H,5-11H2,2-3H3,(H2,15,16,17);1H. The summed E-state index contributed by atoms with van der Waals surface area (Å²) in [7, 11) is 0. The van der Waals surface area contributed by atoms with E-state index in [0.717, 1.165) is 25.3 Å². The third kappa shape index (κ3) is 7.41. The molecule has 1 saturated heterocycles. The first-order valence-corrected chi connectivity index (χ1v) is 7.11. The number of amides is 1. The van der Waals surface area contributed by atoms with Crippen molar-refractivity contribution in [2.45, 2.75) is 32.7 Å². The Hall–Kier alpha value is -1.17. The lowest BCUT2D eigenvalue weighted by atomic mass is 10.1. The van der Waals surface area contributed by atoms with E-state index in [1.54, 1.807) is 4.90 Å². The summed E-state index contributed by atoms with van der Waals surface area (Å²) in [5.41, 5.74) is 0. The molecule has 0 radical (unpaired) electrons. The highest BCUT2D eigenvalue weighted by Gasteiger charge is 2.23. The van der Waals surface area contributed by atoms with Crippen LogP contribution in [-0.2, 0) is 4.74 Å². The largest absolute Gasteiger partial charge is 0.450 e. The molecule has 0 aromatic carbocycles. The third-order valence-electron chi connectivity index (χ3n) is 3.03. The Bertz CT molecular complexity index is 374. The minimum Gasteiger partial charge on any atom is -0.450 e. The summed E-state index contributed by atoms with van der Waals surface area (Å²) in [6.45, 7) is 6.79. The van der Waals surface area contributed by atoms with E-state index in [2.05, 4.69) is 21.5 Å². The van der Waals surface area contributed by atoms with Crippen LogP contribution in [0.5, 0.6) is 0 Å². The molecule has 1 rings (SSSR count). The van der Waals surface area contributed by atoms with E-state index in [4.69, 9.17) is 11.2 Å². The molecule has 0 aromatic heterocycles. The highest BCUT2D eigenvalue weighted by molar-refractivity contribution is 14.0. The number of halogens is 1. The van der Waals surface area contributed by atoms with Gasteiger partial charge in [-0.25, -0.2) is 9.79 Å². The quantitative estimate of drug-likeness (QED) is 0.320. The zero-order chi connectivity index (χ0) is 14.8. The summed E-state index contributed by atoms with van der Waals surface area (Å²) in [4.78, 5) is 17.6. The molecule has 0 spiro atoms. The van der Waals surface area contributed by atoms with Gasteiger partial charge in [-0.1, -0.05) is 5.92 Å². The number of hydrogen-bond acceptors (Lipinski definition) is 3. The monoisotopic (exact) mass is 408 g/mol. The van der Waals surface area contributed by atoms with Crippen LogP contribution in [0.1, 0.15) is 26.7 Å². The fourth-order valence-electron chi connectivity index (χ4n) is 2.06. The first-order valence-electron chi connectivity index (χ1n) is 7.11. The van der Waals surface area contributed by atoms with Gasteiger partial charge < -0.3 is 20.3 Å². The van der Waals surface area contributed by atoms with Crippen molar-refractivity contribution in [3.63, 3.8) is 0 Å². The van der Waals surface area contributed by atoms with E-state index in [-0.39, 0.29) is 30.1 Å². The Morgan fingerprint density at radius 2 is 2.10 bits per heavy atom. The first kappa shape index (κ1) is 19.8. The lowest BCUT2D eigenvalue weighted by molar-refractivity contribution is 0.0963. The predicted octanol–water partition coefficient (Wildman–Crippen LogP) is 1.41. The lowest BCUT2D eigenvalue weighted by Gasteiger charge is -2.32. The molecule has 1 aliphatic heterocycles. The Morgan fingerprint density at radius 3 is 2.62 bits per heavy atom. The molecule has 7 heteroatoms. The highest BCUT2D eigenvalue weighted by Crippen LogP contribution is 2.11. The lowest BCUT2D eigenvalue weighted by Crippen LogP contribution is -2.49. The number of piperidine rings is 1. The van der Waals surface area contributed by atoms with Crippen molar-refractivity contribution < 1.29 is 9.53 Å². The van der Waals surface area contributed by atoms with Gasteiger partial charge in [0.1, 0.15) is 6.54 Å². The van der Waals surface area contributed by atoms with Crippen molar-refractivity contribution in [1.29, 1.82) is 0 Å². The number of nitrogens with one attached hydrogen (secondary N) is 2. The van der Waals surface area contributed by atoms with Crippen LogP contribution in [0.25, 0.3) is 0 Å². The number of terminal acetylenes is 1. The molecule has 21 heavy (non-hydrogen) atoms. The maximum absolute atomic E-state index is 11.6. The van der Waals surface area contributed by atoms with Crippen LogP contribution in [-0.4, -0.2) is 55.8 Å². The first-order chi connectivity index (χ1) is 9.71. The Kier molecular flexibility index (Phi) is 10.8. The Balaban J connectivity index is 0.00000400. The molecular formula is C14H25IN4O2. The second-order valence-electron chi connectivity index (χ2n) is 4.50. The van der Waals surface area contributed by atoms with Crippen molar-refractivity contribution in [2.75, 3.05) is 32.8 Å². The molecule has 2 N–H and O–H groups in total. The molecule has 0 saturated carbocycles. The summed E-state index contributed by atoms with van der Waals surface area (Å²) in [5.74, 6) is 3.23. The van der Waals surface area contributed by atoms with Gasteiger partial charge in [0.2, 0.25) is 0 Å². The normalized spacial score (nSPS) is 15.7. The van der Waals surface area contributed by atoms with Crippen LogP contribution in [0.4, 0.5) is 4.79 Å². The molecule has 1 fully saturated rings. The molecule has 0 bridgehead atoms. The number of guanidine groups is 1. The minimum atomic E-state index is -0.223. The maximum Gasteiger partial charge on any atom is 0.409 e. The molecule has 6 nitrogen and oxygen atoms in total. The number of ether oxygens (including phenoxy) is 1. The van der Waals surface area contributed by atoms with Crippen LogP contribution in [0.3, 0.4) is 0 Å². The van der Waals surface area contributed by atoms with E-state index < -0.39 is 0 Å². The zero-order valence-corrected chi connectivity index (χ0v) is 15.1. The van der Waals surface area contributed by atoms with Crippen LogP contribution in [0.15, 0.2) is 4.99 Å². The van der Waals surface area contributed by atoms with Crippen LogP contribution in [0.2, 0.25) is 0 Å². The second-order valence-corrected chi connectivity index (χ2v) is 4.50. The summed E-state index contributed by atoms with van der Waals surface area (Å²) in [5, 5.41) is 6.50. The molecule has 0 aliphatic carbocycles. The minimum absolute atomic E-state index is 0. The van der Waals surface area contributed by atoms with E-state index in [9.17, 15) is 4.79 Å².